The standard InChI is InChI=1S/C7H15NSi/c1-7(5-6-8)9(2,3)4/h7H,5H2,1-4H3. The van der Waals surface area contributed by atoms with Gasteiger partial charge in [-0.15, -0.1) is 0 Å². The van der Waals surface area contributed by atoms with Gasteiger partial charge in [0.15, 0.2) is 0 Å². The van der Waals surface area contributed by atoms with Crippen LogP contribution >= 0.6 is 0 Å². The Balaban J connectivity index is 3.76. The molecule has 1 atom stereocenters. The molecule has 2 heteroatoms. The molecule has 0 fully saturated rings. The van der Waals surface area contributed by atoms with E-state index in [4.69, 9.17) is 5.26 Å². The zero-order chi connectivity index (χ0) is 7.49. The van der Waals surface area contributed by atoms with Crippen LogP contribution in [0.1, 0.15) is 13.3 Å². The second-order valence-electron chi connectivity index (χ2n) is 3.63. The van der Waals surface area contributed by atoms with Crippen LogP contribution < -0.4 is 0 Å². The predicted molar refractivity (Wildman–Crippen MR) is 43.0 cm³/mol. The molecular formula is C7H15NSi. The van der Waals surface area contributed by atoms with Crippen molar-refractivity contribution in [3.8, 4) is 6.07 Å². The highest BCUT2D eigenvalue weighted by atomic mass is 28.3. The van der Waals surface area contributed by atoms with Crippen LogP contribution in [0.3, 0.4) is 0 Å². The van der Waals surface area contributed by atoms with Gasteiger partial charge in [-0.3, -0.25) is 0 Å². The summed E-state index contributed by atoms with van der Waals surface area (Å²) in [6.07, 6.45) is 0.732. The van der Waals surface area contributed by atoms with Gasteiger partial charge in [-0.1, -0.05) is 26.6 Å². The quantitative estimate of drug-likeness (QED) is 0.542. The molecule has 0 aromatic carbocycles. The van der Waals surface area contributed by atoms with Crippen LogP contribution in [0.25, 0.3) is 0 Å². The van der Waals surface area contributed by atoms with Gasteiger partial charge in [-0.2, -0.15) is 5.26 Å². The molecule has 0 amide bonds. The lowest BCUT2D eigenvalue weighted by molar-refractivity contribution is 0.914. The SMILES string of the molecule is CC(CC#N)[Si](C)(C)C. The molecule has 0 aromatic heterocycles. The van der Waals surface area contributed by atoms with Crippen molar-refractivity contribution in [2.75, 3.05) is 0 Å². The van der Waals surface area contributed by atoms with Crippen molar-refractivity contribution in [3.63, 3.8) is 0 Å². The maximum absolute atomic E-state index is 8.37. The van der Waals surface area contributed by atoms with Crippen molar-refractivity contribution in [3.05, 3.63) is 0 Å². The molecule has 52 valence electrons. The minimum absolute atomic E-state index is 0.641. The fraction of sp³-hybridized carbons (Fsp3) is 0.857. The van der Waals surface area contributed by atoms with Crippen molar-refractivity contribution in [1.29, 1.82) is 5.26 Å². The highest BCUT2D eigenvalue weighted by molar-refractivity contribution is 6.77. The summed E-state index contributed by atoms with van der Waals surface area (Å²) in [5.74, 6) is 0. The Morgan fingerprint density at radius 1 is 1.44 bits per heavy atom. The highest BCUT2D eigenvalue weighted by Crippen LogP contribution is 2.23. The lowest BCUT2D eigenvalue weighted by atomic mass is 10.4. The Morgan fingerprint density at radius 3 is 2.00 bits per heavy atom. The van der Waals surface area contributed by atoms with Gasteiger partial charge >= 0.3 is 0 Å². The molecule has 0 aliphatic carbocycles. The van der Waals surface area contributed by atoms with Gasteiger partial charge in [-0.25, -0.2) is 0 Å². The third-order valence-corrected chi connectivity index (χ3v) is 5.04. The van der Waals surface area contributed by atoms with E-state index in [0.29, 0.717) is 5.54 Å². The lowest BCUT2D eigenvalue weighted by Crippen LogP contribution is -2.25. The first-order chi connectivity index (χ1) is 3.98. The van der Waals surface area contributed by atoms with E-state index >= 15 is 0 Å². The number of hydrogen-bond acceptors (Lipinski definition) is 1. The van der Waals surface area contributed by atoms with Gasteiger partial charge in [0.2, 0.25) is 0 Å². The van der Waals surface area contributed by atoms with Crippen LogP contribution in [0.5, 0.6) is 0 Å². The molecular weight excluding hydrogens is 126 g/mol. The summed E-state index contributed by atoms with van der Waals surface area (Å²) >= 11 is 0. The van der Waals surface area contributed by atoms with E-state index < -0.39 is 8.07 Å². The molecule has 0 aliphatic heterocycles. The van der Waals surface area contributed by atoms with Crippen molar-refractivity contribution in [2.45, 2.75) is 38.5 Å². The minimum Gasteiger partial charge on any atom is -0.198 e. The maximum atomic E-state index is 8.37. The van der Waals surface area contributed by atoms with E-state index in [1.807, 2.05) is 0 Å². The molecule has 0 radical (unpaired) electrons. The summed E-state index contributed by atoms with van der Waals surface area (Å²) in [5, 5.41) is 8.37. The monoisotopic (exact) mass is 141 g/mol. The number of hydrogen-bond donors (Lipinski definition) is 0. The molecule has 0 aromatic rings. The van der Waals surface area contributed by atoms with Crippen molar-refractivity contribution >= 4 is 8.07 Å². The van der Waals surface area contributed by atoms with E-state index in [1.165, 1.54) is 0 Å². The molecule has 9 heavy (non-hydrogen) atoms. The molecule has 0 aliphatic rings. The molecule has 1 unspecified atom stereocenters. The summed E-state index contributed by atoms with van der Waals surface area (Å²) in [4.78, 5) is 0. The number of rotatable bonds is 2. The third-order valence-electron chi connectivity index (χ3n) is 1.88. The molecule has 0 bridgehead atoms. The predicted octanol–water partition coefficient (Wildman–Crippen LogP) is 2.63. The van der Waals surface area contributed by atoms with Crippen LogP contribution in [0.2, 0.25) is 25.2 Å². The van der Waals surface area contributed by atoms with E-state index in [0.717, 1.165) is 6.42 Å². The van der Waals surface area contributed by atoms with Gasteiger partial charge < -0.3 is 0 Å². The van der Waals surface area contributed by atoms with Crippen LogP contribution in [0.15, 0.2) is 0 Å². The Bertz CT molecular complexity index is 118. The minimum atomic E-state index is -1.00. The Morgan fingerprint density at radius 2 is 1.89 bits per heavy atom. The van der Waals surface area contributed by atoms with Gasteiger partial charge in [0.25, 0.3) is 0 Å². The largest absolute Gasteiger partial charge is 0.198 e. The molecule has 0 saturated heterocycles. The average Bonchev–Trinajstić information content (AvgIpc) is 1.64. The van der Waals surface area contributed by atoms with Crippen LogP contribution in [0.4, 0.5) is 0 Å². The molecule has 0 N–H and O–H groups in total. The zero-order valence-corrected chi connectivity index (χ0v) is 7.73. The van der Waals surface area contributed by atoms with E-state index in [2.05, 4.69) is 32.6 Å². The van der Waals surface area contributed by atoms with Gasteiger partial charge in [0.1, 0.15) is 0 Å². The second kappa shape index (κ2) is 3.02. The van der Waals surface area contributed by atoms with E-state index in [9.17, 15) is 0 Å². The van der Waals surface area contributed by atoms with Crippen LogP contribution in [0, 0.1) is 11.3 Å². The van der Waals surface area contributed by atoms with Gasteiger partial charge in [0.05, 0.1) is 6.07 Å². The number of nitrogens with zero attached hydrogens (tertiary/aromatic N) is 1. The van der Waals surface area contributed by atoms with Gasteiger partial charge in [-0.05, 0) is 5.54 Å². The Hall–Kier alpha value is -0.293. The normalized spacial score (nSPS) is 14.6. The van der Waals surface area contributed by atoms with Gasteiger partial charge in [0, 0.05) is 14.5 Å². The van der Waals surface area contributed by atoms with E-state index in [1.54, 1.807) is 0 Å². The van der Waals surface area contributed by atoms with Crippen molar-refractivity contribution in [2.24, 2.45) is 0 Å². The first-order valence-corrected chi connectivity index (χ1v) is 6.93. The fourth-order valence-electron chi connectivity index (χ4n) is 0.443. The summed E-state index contributed by atoms with van der Waals surface area (Å²) in [7, 11) is -1.00. The Kier molecular flexibility index (Phi) is 2.93. The molecule has 0 heterocycles. The van der Waals surface area contributed by atoms with Crippen molar-refractivity contribution in [1.82, 2.24) is 0 Å². The summed E-state index contributed by atoms with van der Waals surface area (Å²) in [6.45, 7) is 9.08. The third kappa shape index (κ3) is 3.31. The first kappa shape index (κ1) is 8.71. The summed E-state index contributed by atoms with van der Waals surface area (Å²) in [5.41, 5.74) is 0.641. The van der Waals surface area contributed by atoms with Crippen LogP contribution in [-0.4, -0.2) is 8.07 Å². The molecule has 0 saturated carbocycles. The Labute approximate surface area is 58.7 Å². The fourth-order valence-corrected chi connectivity index (χ4v) is 1.15. The van der Waals surface area contributed by atoms with Crippen LogP contribution in [-0.2, 0) is 0 Å². The highest BCUT2D eigenvalue weighted by Gasteiger charge is 2.21. The molecule has 0 rings (SSSR count). The van der Waals surface area contributed by atoms with E-state index in [-0.39, 0.29) is 0 Å². The zero-order valence-electron chi connectivity index (χ0n) is 6.73. The topological polar surface area (TPSA) is 23.8 Å². The maximum Gasteiger partial charge on any atom is 0.0621 e. The smallest absolute Gasteiger partial charge is 0.0621 e. The average molecular weight is 141 g/mol. The first-order valence-electron chi connectivity index (χ1n) is 3.35. The molecule has 1 nitrogen and oxygen atoms in total. The summed E-state index contributed by atoms with van der Waals surface area (Å²) < 4.78 is 0. The summed E-state index contributed by atoms with van der Waals surface area (Å²) in [6, 6.07) is 2.21. The number of nitriles is 1. The van der Waals surface area contributed by atoms with Crippen molar-refractivity contribution < 1.29 is 0 Å². The molecule has 0 spiro atoms. The second-order valence-corrected chi connectivity index (χ2v) is 9.35. The lowest BCUT2D eigenvalue weighted by Gasteiger charge is -2.21.